The standard InChI is InChI=1S/C32H39N7.C3H4O.C2H6/c1-6-8-10-25(7-2)28-16-17-29-32(35-28)39(31(36-29)27-11-9-18-34-30(27)33)26-14-12-24(13-15-26)21-38-19-22(3)37(5)23(4)20-38;1-2-3-4;1-2/h7-18,22-23H,6,19-21H2,1-5H3,(H2,33,34);2-3H,1H2;1-2H3/b10-8-,25-7+;;. The lowest BCUT2D eigenvalue weighted by atomic mass is 10.1. The molecular weight excluding hydrogens is 558 g/mol. The Bertz CT molecular complexity index is 1590. The maximum absolute atomic E-state index is 9.06. The van der Waals surface area contributed by atoms with Crippen molar-refractivity contribution in [2.24, 2.45) is 0 Å². The highest BCUT2D eigenvalue weighted by Gasteiger charge is 2.26. The number of carbonyl (C=O) groups is 1. The Kier molecular flexibility index (Phi) is 13.4. The number of imidazole rings is 1. The average Bonchev–Trinajstić information content (AvgIpc) is 3.44. The minimum Gasteiger partial charge on any atom is -0.383 e. The largest absolute Gasteiger partial charge is 0.383 e. The fourth-order valence-corrected chi connectivity index (χ4v) is 5.38. The highest BCUT2D eigenvalue weighted by Crippen LogP contribution is 2.31. The molecule has 1 aromatic carbocycles. The van der Waals surface area contributed by atoms with E-state index in [1.165, 1.54) is 11.6 Å². The zero-order chi connectivity index (χ0) is 32.9. The summed E-state index contributed by atoms with van der Waals surface area (Å²) >= 11 is 0. The molecule has 4 aromatic rings. The zero-order valence-electron chi connectivity index (χ0n) is 27.9. The van der Waals surface area contributed by atoms with Gasteiger partial charge in [-0.05, 0) is 87.9 Å². The molecule has 0 saturated carbocycles. The molecule has 2 unspecified atom stereocenters. The number of allylic oxidation sites excluding steroid dienone is 5. The van der Waals surface area contributed by atoms with E-state index in [1.807, 2.05) is 45.0 Å². The van der Waals surface area contributed by atoms with Crippen molar-refractivity contribution in [3.8, 4) is 17.1 Å². The maximum Gasteiger partial charge on any atom is 0.165 e. The number of carbonyl (C=O) groups excluding carboxylic acids is 1. The molecule has 4 heterocycles. The fourth-order valence-electron chi connectivity index (χ4n) is 5.38. The summed E-state index contributed by atoms with van der Waals surface area (Å²) in [5.74, 6) is 1.19. The SMILES string of the molecule is C/C=C(\C=C/CC)c1ccc2nc(-c3cccnc3N)n(-c3ccc(CN4CC(C)N(C)C(C)C4)cc3)c2n1.C=CC=O.CC. The van der Waals surface area contributed by atoms with Crippen molar-refractivity contribution in [2.75, 3.05) is 25.9 Å². The van der Waals surface area contributed by atoms with Crippen molar-refractivity contribution in [2.45, 2.75) is 66.6 Å². The number of anilines is 1. The number of aldehydes is 1. The van der Waals surface area contributed by atoms with Crippen LogP contribution in [0, 0.1) is 0 Å². The molecule has 1 saturated heterocycles. The van der Waals surface area contributed by atoms with E-state index in [0.717, 1.165) is 65.6 Å². The first-order valence-electron chi connectivity index (χ1n) is 15.8. The number of hydrogen-bond acceptors (Lipinski definition) is 7. The van der Waals surface area contributed by atoms with Crippen LogP contribution in [0.5, 0.6) is 0 Å². The van der Waals surface area contributed by atoms with Crippen LogP contribution >= 0.6 is 0 Å². The van der Waals surface area contributed by atoms with Crippen molar-refractivity contribution >= 4 is 28.8 Å². The Balaban J connectivity index is 0.000000853. The normalized spacial score (nSPS) is 17.4. The summed E-state index contributed by atoms with van der Waals surface area (Å²) in [6, 6.07) is 17.8. The molecule has 45 heavy (non-hydrogen) atoms. The van der Waals surface area contributed by atoms with Crippen LogP contribution in [0.25, 0.3) is 33.8 Å². The Morgan fingerprint density at radius 2 is 1.71 bits per heavy atom. The van der Waals surface area contributed by atoms with Gasteiger partial charge in [-0.1, -0.05) is 57.7 Å². The van der Waals surface area contributed by atoms with Gasteiger partial charge in [0.2, 0.25) is 0 Å². The predicted molar refractivity (Wildman–Crippen MR) is 189 cm³/mol. The van der Waals surface area contributed by atoms with Gasteiger partial charge in [0.1, 0.15) is 17.6 Å². The number of fused-ring (bicyclic) bond motifs is 1. The number of piperazine rings is 1. The van der Waals surface area contributed by atoms with Crippen molar-refractivity contribution in [1.82, 2.24) is 29.3 Å². The highest BCUT2D eigenvalue weighted by molar-refractivity contribution is 5.85. The van der Waals surface area contributed by atoms with Gasteiger partial charge in [0.05, 0.1) is 11.3 Å². The van der Waals surface area contributed by atoms with Gasteiger partial charge in [0, 0.05) is 43.6 Å². The van der Waals surface area contributed by atoms with Crippen molar-refractivity contribution in [1.29, 1.82) is 0 Å². The Labute approximate surface area is 269 Å². The van der Waals surface area contributed by atoms with Gasteiger partial charge >= 0.3 is 0 Å². The third-order valence-electron chi connectivity index (χ3n) is 7.86. The van der Waals surface area contributed by atoms with Crippen LogP contribution in [0.2, 0.25) is 0 Å². The molecule has 238 valence electrons. The van der Waals surface area contributed by atoms with Crippen molar-refractivity contribution in [3.05, 3.63) is 96.9 Å². The number of aromatic nitrogens is 4. The van der Waals surface area contributed by atoms with Gasteiger partial charge in [0.25, 0.3) is 0 Å². The smallest absolute Gasteiger partial charge is 0.165 e. The summed E-state index contributed by atoms with van der Waals surface area (Å²) in [4.78, 5) is 28.5. The minimum absolute atomic E-state index is 0.448. The van der Waals surface area contributed by atoms with E-state index >= 15 is 0 Å². The number of hydrogen-bond donors (Lipinski definition) is 1. The Hall–Kier alpha value is -4.40. The van der Waals surface area contributed by atoms with E-state index < -0.39 is 0 Å². The lowest BCUT2D eigenvalue weighted by Crippen LogP contribution is -2.54. The van der Waals surface area contributed by atoms with Crippen LogP contribution in [-0.2, 0) is 11.3 Å². The van der Waals surface area contributed by atoms with Gasteiger partial charge in [0.15, 0.2) is 11.5 Å². The van der Waals surface area contributed by atoms with Crippen LogP contribution in [0.15, 0.2) is 85.6 Å². The van der Waals surface area contributed by atoms with E-state index in [0.29, 0.717) is 24.2 Å². The van der Waals surface area contributed by atoms with Crippen LogP contribution in [0.4, 0.5) is 5.82 Å². The van der Waals surface area contributed by atoms with Crippen LogP contribution in [0.1, 0.15) is 59.2 Å². The number of rotatable bonds is 8. The molecule has 2 N–H and O–H groups in total. The zero-order valence-corrected chi connectivity index (χ0v) is 27.9. The third kappa shape index (κ3) is 8.62. The average molecular weight is 608 g/mol. The van der Waals surface area contributed by atoms with Gasteiger partial charge in [-0.3, -0.25) is 19.2 Å². The minimum atomic E-state index is 0.448. The van der Waals surface area contributed by atoms with E-state index in [1.54, 1.807) is 6.20 Å². The molecule has 3 aromatic heterocycles. The molecule has 1 fully saturated rings. The summed E-state index contributed by atoms with van der Waals surface area (Å²) in [5, 5.41) is 0. The van der Waals surface area contributed by atoms with Crippen molar-refractivity contribution in [3.63, 3.8) is 0 Å². The number of nitrogens with two attached hydrogens (primary N) is 1. The van der Waals surface area contributed by atoms with E-state index in [2.05, 4.69) is 96.2 Å². The summed E-state index contributed by atoms with van der Waals surface area (Å²) in [5.41, 5.74) is 13.0. The molecule has 2 atom stereocenters. The van der Waals surface area contributed by atoms with Crippen LogP contribution < -0.4 is 5.73 Å². The molecule has 1 aliphatic heterocycles. The summed E-state index contributed by atoms with van der Waals surface area (Å²) in [6.45, 7) is 19.0. The first kappa shape index (κ1) is 35.1. The Morgan fingerprint density at radius 3 is 2.29 bits per heavy atom. The highest BCUT2D eigenvalue weighted by atomic mass is 16.1. The van der Waals surface area contributed by atoms with E-state index in [4.69, 9.17) is 20.5 Å². The van der Waals surface area contributed by atoms with Crippen LogP contribution in [0.3, 0.4) is 0 Å². The predicted octanol–water partition coefficient (Wildman–Crippen LogP) is 7.36. The molecule has 5 rings (SSSR count). The number of nitrogen functional groups attached to an aromatic ring is 1. The summed E-state index contributed by atoms with van der Waals surface area (Å²) in [6.07, 6.45) is 10.9. The third-order valence-corrected chi connectivity index (χ3v) is 7.86. The molecule has 0 bridgehead atoms. The molecule has 0 spiro atoms. The molecular formula is C37H49N7O. The molecule has 8 nitrogen and oxygen atoms in total. The van der Waals surface area contributed by atoms with Gasteiger partial charge in [-0.15, -0.1) is 0 Å². The number of likely N-dealkylation sites (N-methyl/N-ethyl adjacent to an activating group) is 1. The van der Waals surface area contributed by atoms with Gasteiger partial charge < -0.3 is 5.73 Å². The molecule has 0 aliphatic carbocycles. The molecule has 0 amide bonds. The Morgan fingerprint density at radius 1 is 1.04 bits per heavy atom. The number of pyridine rings is 2. The lowest BCUT2D eigenvalue weighted by molar-refractivity contribution is -0.104. The lowest BCUT2D eigenvalue weighted by Gasteiger charge is -2.42. The monoisotopic (exact) mass is 607 g/mol. The quantitative estimate of drug-likeness (QED) is 0.127. The topological polar surface area (TPSA) is 93.2 Å². The fraction of sp³-hybridized carbons (Fsp3) is 0.351. The molecule has 8 heteroatoms. The van der Waals surface area contributed by atoms with Crippen molar-refractivity contribution < 1.29 is 4.79 Å². The van der Waals surface area contributed by atoms with Gasteiger partial charge in [-0.25, -0.2) is 15.0 Å². The maximum atomic E-state index is 9.06. The second-order valence-corrected chi connectivity index (χ2v) is 10.9. The number of benzene rings is 1. The molecule has 0 radical (unpaired) electrons. The summed E-state index contributed by atoms with van der Waals surface area (Å²) in [7, 11) is 2.22. The second-order valence-electron chi connectivity index (χ2n) is 10.9. The summed E-state index contributed by atoms with van der Waals surface area (Å²) < 4.78 is 2.10. The molecule has 1 aliphatic rings. The first-order chi connectivity index (χ1) is 21.8. The number of nitrogens with zero attached hydrogens (tertiary/aromatic N) is 6. The van der Waals surface area contributed by atoms with Crippen LogP contribution in [-0.4, -0.2) is 67.8 Å². The van der Waals surface area contributed by atoms with E-state index in [9.17, 15) is 0 Å². The van der Waals surface area contributed by atoms with E-state index in [-0.39, 0.29) is 0 Å². The first-order valence-corrected chi connectivity index (χ1v) is 15.8. The van der Waals surface area contributed by atoms with Gasteiger partial charge in [-0.2, -0.15) is 0 Å². The second kappa shape index (κ2) is 17.2.